The monoisotopic (exact) mass is 375 g/mol. The van der Waals surface area contributed by atoms with Crippen molar-refractivity contribution in [3.05, 3.63) is 59.7 Å². The van der Waals surface area contributed by atoms with E-state index < -0.39 is 35.3 Å². The van der Waals surface area contributed by atoms with Crippen molar-refractivity contribution in [1.82, 2.24) is 0 Å². The maximum Gasteiger partial charge on any atom is 0.339 e. The summed E-state index contributed by atoms with van der Waals surface area (Å²) in [5.74, 6) is -1.75. The molecule has 0 radical (unpaired) electrons. The maximum atomic E-state index is 12.1. The van der Waals surface area contributed by atoms with E-state index in [2.05, 4.69) is 10.1 Å². The molecular weight excluding hydrogens is 358 g/mol. The molecule has 0 aliphatic heterocycles. The van der Waals surface area contributed by atoms with Crippen LogP contribution >= 0.6 is 0 Å². The number of nitrogens with one attached hydrogen (secondary N) is 1. The molecule has 8 heteroatoms. The van der Waals surface area contributed by atoms with Crippen molar-refractivity contribution in [1.29, 1.82) is 0 Å². The second-order valence-electron chi connectivity index (χ2n) is 5.14. The molecule has 1 amide bonds. The van der Waals surface area contributed by atoms with Crippen molar-refractivity contribution < 1.29 is 28.1 Å². The Bertz CT molecular complexity index is 847. The first-order chi connectivity index (χ1) is 12.4. The summed E-state index contributed by atoms with van der Waals surface area (Å²) in [4.78, 5) is 35.7. The topological polar surface area (TPSA) is 98.8 Å². The summed E-state index contributed by atoms with van der Waals surface area (Å²) < 4.78 is 21.2. The highest BCUT2D eigenvalue weighted by Crippen LogP contribution is 2.14. The van der Waals surface area contributed by atoms with Crippen molar-refractivity contribution in [3.63, 3.8) is 0 Å². The Balaban J connectivity index is 1.94. The number of carbonyl (C=O) groups is 3. The standard InChI is InChI=1S/C18H17NO6S/c1-24-17(21)12-7-9-13(10-8-12)19-16(20)11-25-18(22)14-5-3-4-6-15(14)26(2)23/h3-10H,11H2,1-2H3,(H,19,20)/t26-/m1/s1. The molecule has 0 aliphatic carbocycles. The first kappa shape index (κ1) is 19.3. The smallest absolute Gasteiger partial charge is 0.339 e. The van der Waals surface area contributed by atoms with E-state index in [1.54, 1.807) is 18.2 Å². The van der Waals surface area contributed by atoms with Crippen LogP contribution in [0.2, 0.25) is 0 Å². The van der Waals surface area contributed by atoms with Gasteiger partial charge in [0.15, 0.2) is 6.61 Å². The van der Waals surface area contributed by atoms with Gasteiger partial charge in [0.25, 0.3) is 5.91 Å². The average molecular weight is 375 g/mol. The summed E-state index contributed by atoms with van der Waals surface area (Å²) in [6.07, 6.45) is 1.46. The van der Waals surface area contributed by atoms with Crippen LogP contribution in [0.5, 0.6) is 0 Å². The number of carbonyl (C=O) groups excluding carboxylic acids is 3. The van der Waals surface area contributed by atoms with E-state index in [-0.39, 0.29) is 5.56 Å². The average Bonchev–Trinajstić information content (AvgIpc) is 2.66. The van der Waals surface area contributed by atoms with Gasteiger partial charge in [-0.25, -0.2) is 9.59 Å². The van der Waals surface area contributed by atoms with Gasteiger partial charge >= 0.3 is 11.9 Å². The van der Waals surface area contributed by atoms with Crippen LogP contribution in [0.15, 0.2) is 53.4 Å². The van der Waals surface area contributed by atoms with Crippen LogP contribution in [-0.4, -0.2) is 42.0 Å². The molecule has 0 unspecified atom stereocenters. The fraction of sp³-hybridized carbons (Fsp3) is 0.167. The van der Waals surface area contributed by atoms with E-state index >= 15 is 0 Å². The van der Waals surface area contributed by atoms with Crippen LogP contribution in [0.3, 0.4) is 0 Å². The lowest BCUT2D eigenvalue weighted by atomic mass is 10.2. The summed E-state index contributed by atoms with van der Waals surface area (Å²) in [5, 5.41) is 2.54. The van der Waals surface area contributed by atoms with Gasteiger partial charge in [-0.05, 0) is 36.4 Å². The van der Waals surface area contributed by atoms with Gasteiger partial charge in [-0.3, -0.25) is 9.00 Å². The summed E-state index contributed by atoms with van der Waals surface area (Å²) in [6.45, 7) is -0.498. The fourth-order valence-corrected chi connectivity index (χ4v) is 2.83. The minimum Gasteiger partial charge on any atom is -0.465 e. The number of ether oxygens (including phenoxy) is 2. The Morgan fingerprint density at radius 1 is 1.00 bits per heavy atom. The second kappa shape index (κ2) is 8.91. The highest BCUT2D eigenvalue weighted by molar-refractivity contribution is 7.84. The van der Waals surface area contributed by atoms with E-state index in [1.165, 1.54) is 43.7 Å². The zero-order valence-electron chi connectivity index (χ0n) is 14.2. The van der Waals surface area contributed by atoms with Crippen molar-refractivity contribution in [2.75, 3.05) is 25.3 Å². The van der Waals surface area contributed by atoms with Gasteiger partial charge in [0, 0.05) is 11.9 Å². The van der Waals surface area contributed by atoms with E-state index in [4.69, 9.17) is 4.74 Å². The second-order valence-corrected chi connectivity index (χ2v) is 6.49. The number of hydrogen-bond acceptors (Lipinski definition) is 6. The molecule has 2 aromatic rings. The molecule has 0 fully saturated rings. The third kappa shape index (κ3) is 5.00. The fourth-order valence-electron chi connectivity index (χ4n) is 2.10. The van der Waals surface area contributed by atoms with Crippen molar-refractivity contribution in [3.8, 4) is 0 Å². The molecular formula is C18H17NO6S. The number of anilines is 1. The molecule has 0 aliphatic rings. The van der Waals surface area contributed by atoms with Gasteiger partial charge in [0.05, 0.1) is 33.9 Å². The zero-order chi connectivity index (χ0) is 19.1. The van der Waals surface area contributed by atoms with Crippen LogP contribution in [0.1, 0.15) is 20.7 Å². The summed E-state index contributed by atoms with van der Waals surface area (Å²) in [6, 6.07) is 12.4. The van der Waals surface area contributed by atoms with E-state index in [0.717, 1.165) is 0 Å². The Kier molecular flexibility index (Phi) is 6.62. The number of hydrogen-bond donors (Lipinski definition) is 1. The predicted octanol–water partition coefficient (Wildman–Crippen LogP) is 2.01. The molecule has 2 aromatic carbocycles. The van der Waals surface area contributed by atoms with Crippen LogP contribution in [0.4, 0.5) is 5.69 Å². The Labute approximate surface area is 152 Å². The van der Waals surface area contributed by atoms with Crippen molar-refractivity contribution >= 4 is 34.3 Å². The normalized spacial score (nSPS) is 11.3. The third-order valence-corrected chi connectivity index (χ3v) is 4.32. The minimum atomic E-state index is -1.35. The maximum absolute atomic E-state index is 12.1. The van der Waals surface area contributed by atoms with Gasteiger partial charge < -0.3 is 14.8 Å². The van der Waals surface area contributed by atoms with E-state index in [1.807, 2.05) is 0 Å². The van der Waals surface area contributed by atoms with E-state index in [0.29, 0.717) is 16.1 Å². The van der Waals surface area contributed by atoms with Crippen LogP contribution < -0.4 is 5.32 Å². The van der Waals surface area contributed by atoms with Crippen molar-refractivity contribution in [2.45, 2.75) is 4.90 Å². The summed E-state index contributed by atoms with van der Waals surface area (Å²) in [7, 11) is -0.0767. The molecule has 0 saturated carbocycles. The highest BCUT2D eigenvalue weighted by Gasteiger charge is 2.16. The number of esters is 2. The van der Waals surface area contributed by atoms with Gasteiger partial charge in [-0.1, -0.05) is 12.1 Å². The minimum absolute atomic E-state index is 0.156. The summed E-state index contributed by atoms with van der Waals surface area (Å²) in [5.41, 5.74) is 0.943. The predicted molar refractivity (Wildman–Crippen MR) is 95.5 cm³/mol. The number of benzene rings is 2. The van der Waals surface area contributed by atoms with Gasteiger partial charge in [0.1, 0.15) is 0 Å². The zero-order valence-corrected chi connectivity index (χ0v) is 15.0. The molecule has 0 spiro atoms. The third-order valence-electron chi connectivity index (χ3n) is 3.34. The lowest BCUT2D eigenvalue weighted by molar-refractivity contribution is -0.119. The molecule has 0 heterocycles. The lowest BCUT2D eigenvalue weighted by Crippen LogP contribution is -2.21. The van der Waals surface area contributed by atoms with Crippen LogP contribution in [0.25, 0.3) is 0 Å². The lowest BCUT2D eigenvalue weighted by Gasteiger charge is -2.09. The van der Waals surface area contributed by atoms with Crippen molar-refractivity contribution in [2.24, 2.45) is 0 Å². The molecule has 26 heavy (non-hydrogen) atoms. The molecule has 0 saturated heterocycles. The number of rotatable bonds is 6. The molecule has 136 valence electrons. The largest absolute Gasteiger partial charge is 0.465 e. The molecule has 0 bridgehead atoms. The molecule has 2 rings (SSSR count). The Morgan fingerprint density at radius 3 is 2.27 bits per heavy atom. The molecule has 1 atom stereocenters. The quantitative estimate of drug-likeness (QED) is 0.776. The summed E-state index contributed by atoms with van der Waals surface area (Å²) >= 11 is 0. The molecule has 1 N–H and O–H groups in total. The number of methoxy groups -OCH3 is 1. The molecule has 0 aromatic heterocycles. The first-order valence-electron chi connectivity index (χ1n) is 7.50. The number of amides is 1. The van der Waals surface area contributed by atoms with Crippen LogP contribution in [0, 0.1) is 0 Å². The Hall–Kier alpha value is -3.00. The van der Waals surface area contributed by atoms with Crippen LogP contribution in [-0.2, 0) is 25.1 Å². The Morgan fingerprint density at radius 2 is 1.65 bits per heavy atom. The molecule has 7 nitrogen and oxygen atoms in total. The van der Waals surface area contributed by atoms with E-state index in [9.17, 15) is 18.6 Å². The highest BCUT2D eigenvalue weighted by atomic mass is 32.2. The van der Waals surface area contributed by atoms with Gasteiger partial charge in [-0.15, -0.1) is 0 Å². The first-order valence-corrected chi connectivity index (χ1v) is 9.06. The van der Waals surface area contributed by atoms with Gasteiger partial charge in [-0.2, -0.15) is 0 Å². The van der Waals surface area contributed by atoms with Gasteiger partial charge in [0.2, 0.25) is 0 Å². The SMILES string of the molecule is COC(=O)c1ccc(NC(=O)COC(=O)c2ccccc2[S@@](C)=O)cc1.